The smallest absolute Gasteiger partial charge is 0.252 e. The minimum atomic E-state index is -0.241. The van der Waals surface area contributed by atoms with Crippen LogP contribution in [-0.2, 0) is 6.42 Å². The van der Waals surface area contributed by atoms with E-state index in [4.69, 9.17) is 28.2 Å². The van der Waals surface area contributed by atoms with E-state index in [0.717, 1.165) is 40.2 Å². The van der Waals surface area contributed by atoms with E-state index in [1.165, 1.54) is 6.33 Å². The Morgan fingerprint density at radius 2 is 1.97 bits per heavy atom. The minimum absolute atomic E-state index is 0.131. The van der Waals surface area contributed by atoms with Gasteiger partial charge in [0.2, 0.25) is 0 Å². The third-order valence-electron chi connectivity index (χ3n) is 6.18. The predicted molar refractivity (Wildman–Crippen MR) is 132 cm³/mol. The van der Waals surface area contributed by atoms with Crippen LogP contribution in [0.5, 0.6) is 0 Å². The topological polar surface area (TPSA) is 107 Å². The van der Waals surface area contributed by atoms with Gasteiger partial charge in [-0.05, 0) is 72.2 Å². The van der Waals surface area contributed by atoms with Crippen LogP contribution in [0.1, 0.15) is 29.7 Å². The number of halogens is 2. The highest BCUT2D eigenvalue weighted by molar-refractivity contribution is 6.32. The Morgan fingerprint density at radius 1 is 1.09 bits per heavy atom. The van der Waals surface area contributed by atoms with Gasteiger partial charge in [0.15, 0.2) is 0 Å². The fourth-order valence-corrected chi connectivity index (χ4v) is 4.97. The van der Waals surface area contributed by atoms with Crippen molar-refractivity contribution in [3.05, 3.63) is 92.7 Å². The van der Waals surface area contributed by atoms with E-state index in [2.05, 4.69) is 25.5 Å². The van der Waals surface area contributed by atoms with E-state index in [1.807, 2.05) is 37.3 Å². The molecule has 0 amide bonds. The quantitative estimate of drug-likeness (QED) is 0.388. The highest BCUT2D eigenvalue weighted by Gasteiger charge is 2.29. The van der Waals surface area contributed by atoms with E-state index in [1.54, 1.807) is 27.6 Å². The molecule has 0 radical (unpaired) electrons. The number of benzene rings is 1. The molecule has 1 N–H and O–H groups in total. The molecule has 174 valence electrons. The second kappa shape index (κ2) is 8.44. The van der Waals surface area contributed by atoms with Gasteiger partial charge in [0.25, 0.3) is 5.56 Å². The third kappa shape index (κ3) is 3.82. The van der Waals surface area contributed by atoms with Gasteiger partial charge in [0.05, 0.1) is 11.7 Å². The Kier molecular flexibility index (Phi) is 5.23. The lowest BCUT2D eigenvalue weighted by Crippen LogP contribution is -2.24. The minimum Gasteiger partial charge on any atom is -0.331 e. The van der Waals surface area contributed by atoms with Crippen LogP contribution in [0, 0.1) is 6.92 Å². The summed E-state index contributed by atoms with van der Waals surface area (Å²) in [6.07, 6.45) is 4.69. The molecule has 5 heterocycles. The molecule has 1 aromatic carbocycles. The molecular weight excluding hydrogens is 487 g/mol. The van der Waals surface area contributed by atoms with Crippen LogP contribution >= 0.6 is 23.2 Å². The first kappa shape index (κ1) is 21.7. The lowest BCUT2D eigenvalue weighted by molar-refractivity contribution is 0.572. The van der Waals surface area contributed by atoms with Crippen LogP contribution in [-0.4, -0.2) is 39.7 Å². The van der Waals surface area contributed by atoms with Crippen LogP contribution in [0.3, 0.4) is 0 Å². The summed E-state index contributed by atoms with van der Waals surface area (Å²) in [5.41, 5.74) is 5.38. The molecule has 6 rings (SSSR count). The molecule has 1 aliphatic rings. The standard InChI is InChI=1S/C24H18Cl2N8O/c1-13-2-3-14(11-27-13)22-23(26)30-24(29-22)20-7-5-17-8-15(9-21(35)34(17)20)18-10-16(25)4-6-19(18)33-12-28-31-32-33/h2-4,6,8-12,20H,5,7H2,1H3,(H,29,30)/t20-/m0/s1. The van der Waals surface area contributed by atoms with Gasteiger partial charge in [-0.2, -0.15) is 4.68 Å². The molecule has 1 atom stereocenters. The number of pyridine rings is 2. The maximum absolute atomic E-state index is 13.4. The van der Waals surface area contributed by atoms with Gasteiger partial charge < -0.3 is 9.55 Å². The second-order valence-corrected chi connectivity index (χ2v) is 9.20. The van der Waals surface area contributed by atoms with Crippen LogP contribution in [0.2, 0.25) is 10.2 Å². The van der Waals surface area contributed by atoms with Gasteiger partial charge in [-0.15, -0.1) is 5.10 Å². The van der Waals surface area contributed by atoms with Crippen molar-refractivity contribution in [3.63, 3.8) is 0 Å². The molecule has 11 heteroatoms. The van der Waals surface area contributed by atoms with Gasteiger partial charge in [0.1, 0.15) is 23.0 Å². The second-order valence-electron chi connectivity index (χ2n) is 8.39. The van der Waals surface area contributed by atoms with Gasteiger partial charge in [0, 0.05) is 39.8 Å². The Morgan fingerprint density at radius 3 is 2.74 bits per heavy atom. The maximum Gasteiger partial charge on any atom is 0.252 e. The van der Waals surface area contributed by atoms with Gasteiger partial charge in [-0.3, -0.25) is 9.78 Å². The number of nitrogens with one attached hydrogen (secondary N) is 1. The number of aromatic nitrogens is 8. The molecule has 5 aromatic rings. The van der Waals surface area contributed by atoms with Gasteiger partial charge in [-0.25, -0.2) is 4.98 Å². The summed E-state index contributed by atoms with van der Waals surface area (Å²) in [5.74, 6) is 0.649. The number of rotatable bonds is 4. The van der Waals surface area contributed by atoms with Crippen molar-refractivity contribution in [1.29, 1.82) is 0 Å². The Balaban J connectivity index is 1.41. The van der Waals surface area contributed by atoms with E-state index in [-0.39, 0.29) is 11.6 Å². The predicted octanol–water partition coefficient (Wildman–Crippen LogP) is 4.43. The highest BCUT2D eigenvalue weighted by Crippen LogP contribution is 2.35. The molecule has 0 unspecified atom stereocenters. The fourth-order valence-electron chi connectivity index (χ4n) is 4.55. The summed E-state index contributed by atoms with van der Waals surface area (Å²) >= 11 is 12.8. The molecule has 0 saturated carbocycles. The highest BCUT2D eigenvalue weighted by atomic mass is 35.5. The summed E-state index contributed by atoms with van der Waals surface area (Å²) in [7, 11) is 0. The van der Waals surface area contributed by atoms with Gasteiger partial charge in [-0.1, -0.05) is 23.2 Å². The summed E-state index contributed by atoms with van der Waals surface area (Å²) in [5, 5.41) is 12.4. The van der Waals surface area contributed by atoms with Crippen molar-refractivity contribution in [1.82, 2.24) is 39.7 Å². The first-order valence-electron chi connectivity index (χ1n) is 10.9. The largest absolute Gasteiger partial charge is 0.331 e. The lowest BCUT2D eigenvalue weighted by atomic mass is 10.0. The third-order valence-corrected chi connectivity index (χ3v) is 6.69. The average molecular weight is 505 g/mol. The zero-order valence-electron chi connectivity index (χ0n) is 18.5. The molecule has 0 spiro atoms. The average Bonchev–Trinajstić information content (AvgIpc) is 3.59. The number of aromatic amines is 1. The molecular formula is C24H18Cl2N8O. The number of imidazole rings is 1. The summed E-state index contributed by atoms with van der Waals surface area (Å²) in [4.78, 5) is 25.6. The molecule has 0 saturated heterocycles. The summed E-state index contributed by atoms with van der Waals surface area (Å²) in [6, 6.07) is 12.6. The van der Waals surface area contributed by atoms with E-state index < -0.39 is 0 Å². The number of tetrazole rings is 1. The number of hydrogen-bond acceptors (Lipinski definition) is 6. The maximum atomic E-state index is 13.4. The molecule has 0 fully saturated rings. The van der Waals surface area contributed by atoms with E-state index >= 15 is 0 Å². The van der Waals surface area contributed by atoms with Crippen molar-refractivity contribution >= 4 is 23.2 Å². The first-order chi connectivity index (χ1) is 17.0. The summed E-state index contributed by atoms with van der Waals surface area (Å²) in [6.45, 7) is 1.92. The number of fused-ring (bicyclic) bond motifs is 1. The number of hydrogen-bond donors (Lipinski definition) is 1. The van der Waals surface area contributed by atoms with Crippen molar-refractivity contribution in [2.75, 3.05) is 0 Å². The van der Waals surface area contributed by atoms with Crippen molar-refractivity contribution in [2.45, 2.75) is 25.8 Å². The Hall–Kier alpha value is -3.82. The zero-order chi connectivity index (χ0) is 24.1. The number of nitrogens with zero attached hydrogens (tertiary/aromatic N) is 7. The molecule has 35 heavy (non-hydrogen) atoms. The normalized spacial score (nSPS) is 14.9. The molecule has 0 aliphatic carbocycles. The van der Waals surface area contributed by atoms with Crippen molar-refractivity contribution in [3.8, 4) is 28.1 Å². The summed E-state index contributed by atoms with van der Waals surface area (Å²) < 4.78 is 3.32. The van der Waals surface area contributed by atoms with E-state index in [0.29, 0.717) is 28.1 Å². The van der Waals surface area contributed by atoms with Crippen LogP contribution in [0.25, 0.3) is 28.1 Å². The van der Waals surface area contributed by atoms with Crippen LogP contribution in [0.15, 0.2) is 59.8 Å². The SMILES string of the molecule is Cc1ccc(-c2nc([C@@H]3CCc4cc(-c5cc(Cl)ccc5-n5cnnn5)cc(=O)n43)[nH]c2Cl)cn1. The van der Waals surface area contributed by atoms with E-state index in [9.17, 15) is 4.79 Å². The number of aryl methyl sites for hydroxylation is 2. The van der Waals surface area contributed by atoms with Gasteiger partial charge >= 0.3 is 0 Å². The van der Waals surface area contributed by atoms with Crippen LogP contribution < -0.4 is 5.56 Å². The lowest BCUT2D eigenvalue weighted by Gasteiger charge is -2.15. The molecule has 9 nitrogen and oxygen atoms in total. The first-order valence-corrected chi connectivity index (χ1v) is 11.7. The Bertz CT molecular complexity index is 1610. The monoisotopic (exact) mass is 504 g/mol. The van der Waals surface area contributed by atoms with Crippen molar-refractivity contribution in [2.24, 2.45) is 0 Å². The van der Waals surface area contributed by atoms with Crippen molar-refractivity contribution < 1.29 is 0 Å². The molecule has 1 aliphatic heterocycles. The zero-order valence-corrected chi connectivity index (χ0v) is 20.0. The Labute approximate surface area is 209 Å². The van der Waals surface area contributed by atoms with Crippen LogP contribution in [0.4, 0.5) is 0 Å². The number of H-pyrrole nitrogens is 1. The fraction of sp³-hybridized carbons (Fsp3) is 0.167. The molecule has 4 aromatic heterocycles. The molecule has 0 bridgehead atoms.